The molecule has 19 heavy (non-hydrogen) atoms. The van der Waals surface area contributed by atoms with Gasteiger partial charge in [-0.25, -0.2) is 0 Å². The molecule has 0 spiro atoms. The molecule has 0 aliphatic rings. The van der Waals surface area contributed by atoms with Crippen molar-refractivity contribution in [2.75, 3.05) is 7.11 Å². The first-order valence-corrected chi connectivity index (χ1v) is 7.92. The average molecular weight is 340 g/mol. The minimum absolute atomic E-state index is 0.301. The van der Waals surface area contributed by atoms with Gasteiger partial charge in [-0.3, -0.25) is 0 Å². The quantitative estimate of drug-likeness (QED) is 0.833. The number of hydrogen-bond donors (Lipinski definition) is 1. The number of methoxy groups -OCH3 is 1. The molecule has 0 radical (unpaired) electrons. The van der Waals surface area contributed by atoms with Gasteiger partial charge in [0, 0.05) is 21.4 Å². The predicted octanol–water partition coefficient (Wildman–Crippen LogP) is 4.93. The van der Waals surface area contributed by atoms with Gasteiger partial charge in [-0.15, -0.1) is 11.3 Å². The topological polar surface area (TPSA) is 21.3 Å². The minimum atomic E-state index is 0.301. The van der Waals surface area contributed by atoms with Crippen LogP contribution in [0.3, 0.4) is 0 Å². The fraction of sp³-hybridized carbons (Fsp3) is 0.333. The van der Waals surface area contributed by atoms with Gasteiger partial charge in [-0.05, 0) is 58.9 Å². The number of nitrogens with one attached hydrogen (secondary N) is 1. The maximum absolute atomic E-state index is 5.18. The summed E-state index contributed by atoms with van der Waals surface area (Å²) < 4.78 is 6.36. The first-order valence-electron chi connectivity index (χ1n) is 6.24. The molecule has 0 bridgehead atoms. The van der Waals surface area contributed by atoms with E-state index in [1.807, 2.05) is 12.1 Å². The van der Waals surface area contributed by atoms with E-state index in [-0.39, 0.29) is 0 Å². The van der Waals surface area contributed by atoms with Crippen molar-refractivity contribution in [1.82, 2.24) is 5.32 Å². The van der Waals surface area contributed by atoms with Crippen LogP contribution in [-0.2, 0) is 0 Å². The molecule has 1 heterocycles. The minimum Gasteiger partial charge on any atom is -0.497 e. The average Bonchev–Trinajstić information content (AvgIpc) is 2.85. The standard InChI is InChI=1S/C15H18BrNOS/c1-10(12-4-6-13(18-3)7-5-12)17-11(2)15-14(16)8-9-19-15/h4-11,17H,1-3H3/t10-,11?/m0/s1. The summed E-state index contributed by atoms with van der Waals surface area (Å²) in [6, 6.07) is 10.9. The fourth-order valence-electron chi connectivity index (χ4n) is 2.05. The first-order chi connectivity index (χ1) is 9.11. The van der Waals surface area contributed by atoms with Crippen LogP contribution in [0.25, 0.3) is 0 Å². The molecule has 2 rings (SSSR count). The van der Waals surface area contributed by atoms with Crippen molar-refractivity contribution in [3.8, 4) is 5.75 Å². The summed E-state index contributed by atoms with van der Waals surface area (Å²) in [4.78, 5) is 1.33. The Morgan fingerprint density at radius 3 is 2.32 bits per heavy atom. The second-order valence-corrected chi connectivity index (χ2v) is 6.32. The van der Waals surface area contributed by atoms with Crippen LogP contribution in [0.2, 0.25) is 0 Å². The van der Waals surface area contributed by atoms with Gasteiger partial charge in [0.1, 0.15) is 5.75 Å². The van der Waals surface area contributed by atoms with Gasteiger partial charge in [-0.2, -0.15) is 0 Å². The molecule has 2 atom stereocenters. The van der Waals surface area contributed by atoms with Crippen LogP contribution in [0.4, 0.5) is 0 Å². The van der Waals surface area contributed by atoms with Crippen LogP contribution in [0, 0.1) is 0 Å². The van der Waals surface area contributed by atoms with Crippen molar-refractivity contribution in [1.29, 1.82) is 0 Å². The van der Waals surface area contributed by atoms with Crippen LogP contribution in [-0.4, -0.2) is 7.11 Å². The summed E-state index contributed by atoms with van der Waals surface area (Å²) in [5, 5.41) is 5.72. The Morgan fingerprint density at radius 1 is 1.11 bits per heavy atom. The highest BCUT2D eigenvalue weighted by molar-refractivity contribution is 9.10. The van der Waals surface area contributed by atoms with E-state index >= 15 is 0 Å². The largest absolute Gasteiger partial charge is 0.497 e. The molecule has 0 aliphatic carbocycles. The van der Waals surface area contributed by atoms with E-state index < -0.39 is 0 Å². The van der Waals surface area contributed by atoms with Crippen LogP contribution in [0.1, 0.15) is 36.4 Å². The molecular formula is C15H18BrNOS. The van der Waals surface area contributed by atoms with E-state index in [2.05, 4.69) is 58.7 Å². The zero-order valence-corrected chi connectivity index (χ0v) is 13.7. The van der Waals surface area contributed by atoms with E-state index in [1.54, 1.807) is 18.4 Å². The van der Waals surface area contributed by atoms with Crippen molar-refractivity contribution in [2.24, 2.45) is 0 Å². The monoisotopic (exact) mass is 339 g/mol. The molecular weight excluding hydrogens is 322 g/mol. The highest BCUT2D eigenvalue weighted by atomic mass is 79.9. The molecule has 0 fully saturated rings. The van der Waals surface area contributed by atoms with Crippen LogP contribution < -0.4 is 10.1 Å². The Hall–Kier alpha value is -0.840. The Balaban J connectivity index is 2.04. The molecule has 4 heteroatoms. The smallest absolute Gasteiger partial charge is 0.118 e. The summed E-state index contributed by atoms with van der Waals surface area (Å²) >= 11 is 5.36. The predicted molar refractivity (Wildman–Crippen MR) is 85.0 cm³/mol. The van der Waals surface area contributed by atoms with Gasteiger partial charge in [0.2, 0.25) is 0 Å². The lowest BCUT2D eigenvalue weighted by Gasteiger charge is -2.20. The summed E-state index contributed by atoms with van der Waals surface area (Å²) in [6.07, 6.45) is 0. The van der Waals surface area contributed by atoms with Gasteiger partial charge < -0.3 is 10.1 Å². The number of ether oxygens (including phenoxy) is 1. The molecule has 1 unspecified atom stereocenters. The van der Waals surface area contributed by atoms with Crippen molar-refractivity contribution >= 4 is 27.3 Å². The molecule has 0 saturated heterocycles. The molecule has 1 aromatic carbocycles. The zero-order valence-electron chi connectivity index (χ0n) is 11.3. The number of halogens is 1. The molecule has 102 valence electrons. The Morgan fingerprint density at radius 2 is 1.79 bits per heavy atom. The lowest BCUT2D eigenvalue weighted by Crippen LogP contribution is -2.22. The Kier molecular flexibility index (Phi) is 5.02. The van der Waals surface area contributed by atoms with E-state index in [9.17, 15) is 0 Å². The van der Waals surface area contributed by atoms with Gasteiger partial charge in [0.05, 0.1) is 7.11 Å². The number of thiophene rings is 1. The van der Waals surface area contributed by atoms with E-state index in [4.69, 9.17) is 4.74 Å². The third-order valence-electron chi connectivity index (χ3n) is 3.15. The van der Waals surface area contributed by atoms with Crippen molar-refractivity contribution in [3.05, 3.63) is 50.6 Å². The normalized spacial score (nSPS) is 14.1. The maximum atomic E-state index is 5.18. The Labute approximate surface area is 126 Å². The third-order valence-corrected chi connectivity index (χ3v) is 5.21. The number of hydrogen-bond acceptors (Lipinski definition) is 3. The van der Waals surface area contributed by atoms with Crippen LogP contribution >= 0.6 is 27.3 Å². The highest BCUT2D eigenvalue weighted by Gasteiger charge is 2.14. The molecule has 1 N–H and O–H groups in total. The summed E-state index contributed by atoms with van der Waals surface area (Å²) in [6.45, 7) is 4.37. The van der Waals surface area contributed by atoms with Gasteiger partial charge in [0.15, 0.2) is 0 Å². The van der Waals surface area contributed by atoms with Crippen LogP contribution in [0.15, 0.2) is 40.2 Å². The lowest BCUT2D eigenvalue weighted by molar-refractivity contribution is 0.414. The van der Waals surface area contributed by atoms with Crippen molar-refractivity contribution < 1.29 is 4.74 Å². The maximum Gasteiger partial charge on any atom is 0.118 e. The van der Waals surface area contributed by atoms with E-state index in [0.29, 0.717) is 12.1 Å². The first kappa shape index (κ1) is 14.6. The van der Waals surface area contributed by atoms with Crippen molar-refractivity contribution in [3.63, 3.8) is 0 Å². The molecule has 2 aromatic rings. The van der Waals surface area contributed by atoms with Crippen molar-refractivity contribution in [2.45, 2.75) is 25.9 Å². The van der Waals surface area contributed by atoms with Gasteiger partial charge in [0.25, 0.3) is 0 Å². The van der Waals surface area contributed by atoms with Crippen LogP contribution in [0.5, 0.6) is 5.75 Å². The molecule has 0 amide bonds. The molecule has 1 aromatic heterocycles. The highest BCUT2D eigenvalue weighted by Crippen LogP contribution is 2.30. The molecule has 0 aliphatic heterocycles. The second-order valence-electron chi connectivity index (χ2n) is 4.52. The van der Waals surface area contributed by atoms with Gasteiger partial charge in [-0.1, -0.05) is 12.1 Å². The second kappa shape index (κ2) is 6.55. The van der Waals surface area contributed by atoms with E-state index in [0.717, 1.165) is 5.75 Å². The Bertz CT molecular complexity index is 523. The molecule has 2 nitrogen and oxygen atoms in total. The van der Waals surface area contributed by atoms with E-state index in [1.165, 1.54) is 14.9 Å². The summed E-state index contributed by atoms with van der Waals surface area (Å²) in [5.74, 6) is 0.894. The third kappa shape index (κ3) is 3.59. The zero-order chi connectivity index (χ0) is 13.8. The fourth-order valence-corrected chi connectivity index (χ4v) is 3.79. The molecule has 0 saturated carbocycles. The summed E-state index contributed by atoms with van der Waals surface area (Å²) in [7, 11) is 1.69. The lowest BCUT2D eigenvalue weighted by atomic mass is 10.1. The SMILES string of the molecule is COc1ccc([C@H](C)NC(C)c2sccc2Br)cc1. The van der Waals surface area contributed by atoms with Gasteiger partial charge >= 0.3 is 0 Å². The number of benzene rings is 1. The summed E-state index contributed by atoms with van der Waals surface area (Å²) in [5.41, 5.74) is 1.26. The number of rotatable bonds is 5.